The van der Waals surface area contributed by atoms with Gasteiger partial charge in [-0.3, -0.25) is 4.79 Å². The fourth-order valence-corrected chi connectivity index (χ4v) is 4.12. The summed E-state index contributed by atoms with van der Waals surface area (Å²) < 4.78 is 20.3. The van der Waals surface area contributed by atoms with Crippen molar-refractivity contribution >= 4 is 27.3 Å². The highest BCUT2D eigenvalue weighted by molar-refractivity contribution is 7.21. The molecule has 1 heterocycles. The summed E-state index contributed by atoms with van der Waals surface area (Å²) in [5.74, 6) is -0.442. The molecule has 1 atom stereocenters. The van der Waals surface area contributed by atoms with E-state index < -0.39 is 0 Å². The number of hydrogen-bond acceptors (Lipinski definition) is 3. The van der Waals surface area contributed by atoms with Crippen LogP contribution in [0.15, 0.2) is 48.5 Å². The molecule has 0 spiro atoms. The lowest BCUT2D eigenvalue weighted by Crippen LogP contribution is -2.29. The Labute approximate surface area is 150 Å². The molecule has 3 nitrogen and oxygen atoms in total. The average molecular weight is 357 g/mol. The number of thiophene rings is 1. The number of rotatable bonds is 5. The number of carbonyl (C=O) groups is 1. The molecule has 0 radical (unpaired) electrons. The van der Waals surface area contributed by atoms with Crippen molar-refractivity contribution in [2.45, 2.75) is 19.6 Å². The molecule has 3 aromatic rings. The van der Waals surface area contributed by atoms with Gasteiger partial charge in [-0.15, -0.1) is 11.3 Å². The van der Waals surface area contributed by atoms with Crippen molar-refractivity contribution in [1.82, 2.24) is 4.90 Å². The van der Waals surface area contributed by atoms with Gasteiger partial charge in [-0.25, -0.2) is 4.39 Å². The molecule has 130 valence electrons. The Bertz CT molecular complexity index is 891. The van der Waals surface area contributed by atoms with Gasteiger partial charge in [-0.2, -0.15) is 0 Å². The standard InChI is InChI=1S/C20H20FNO2S/c1-13(14-8-5-4-6-9-14)22(2)20(23)19-15(12-24-3)18-16(21)10-7-11-17(18)25-19/h4-11,13H,12H2,1-3H3. The van der Waals surface area contributed by atoms with Crippen LogP contribution in [-0.2, 0) is 11.3 Å². The minimum atomic E-state index is -0.321. The molecule has 0 aliphatic rings. The van der Waals surface area contributed by atoms with Crippen LogP contribution in [0.5, 0.6) is 0 Å². The van der Waals surface area contributed by atoms with E-state index >= 15 is 0 Å². The zero-order chi connectivity index (χ0) is 18.0. The van der Waals surface area contributed by atoms with E-state index in [0.717, 1.165) is 10.3 Å². The first-order valence-corrected chi connectivity index (χ1v) is 8.87. The second kappa shape index (κ2) is 7.33. The van der Waals surface area contributed by atoms with Crippen LogP contribution in [0.3, 0.4) is 0 Å². The van der Waals surface area contributed by atoms with Crippen molar-refractivity contribution in [3.8, 4) is 0 Å². The number of hydrogen-bond donors (Lipinski definition) is 0. The van der Waals surface area contributed by atoms with Gasteiger partial charge >= 0.3 is 0 Å². The third-order valence-corrected chi connectivity index (χ3v) is 5.61. The van der Waals surface area contributed by atoms with Crippen molar-refractivity contribution in [3.05, 3.63) is 70.4 Å². The highest BCUT2D eigenvalue weighted by Crippen LogP contribution is 2.35. The van der Waals surface area contributed by atoms with Gasteiger partial charge in [0.25, 0.3) is 5.91 Å². The summed E-state index contributed by atoms with van der Waals surface area (Å²) in [6.45, 7) is 2.19. The molecule has 0 saturated heterocycles. The third-order valence-electron chi connectivity index (χ3n) is 4.43. The molecule has 1 aromatic heterocycles. The van der Waals surface area contributed by atoms with E-state index in [-0.39, 0.29) is 24.4 Å². The van der Waals surface area contributed by atoms with Crippen LogP contribution in [0.1, 0.15) is 33.8 Å². The summed E-state index contributed by atoms with van der Waals surface area (Å²) in [5.41, 5.74) is 1.68. The fraction of sp³-hybridized carbons (Fsp3) is 0.250. The van der Waals surface area contributed by atoms with Crippen molar-refractivity contribution in [1.29, 1.82) is 0 Å². The summed E-state index contributed by atoms with van der Waals surface area (Å²) in [4.78, 5) is 15.3. The molecule has 1 amide bonds. The van der Waals surface area contributed by atoms with E-state index in [1.165, 1.54) is 17.4 Å². The average Bonchev–Trinajstić information content (AvgIpc) is 3.01. The second-order valence-corrected chi connectivity index (χ2v) is 7.01. The molecule has 3 rings (SSSR count). The van der Waals surface area contributed by atoms with Crippen LogP contribution in [0.2, 0.25) is 0 Å². The molecule has 0 aliphatic heterocycles. The maximum atomic E-state index is 14.3. The molecule has 5 heteroatoms. The zero-order valence-corrected chi connectivity index (χ0v) is 15.3. The molecular weight excluding hydrogens is 337 g/mol. The first kappa shape index (κ1) is 17.6. The lowest BCUT2D eigenvalue weighted by Gasteiger charge is -2.25. The van der Waals surface area contributed by atoms with E-state index in [2.05, 4.69) is 0 Å². The monoisotopic (exact) mass is 357 g/mol. The van der Waals surface area contributed by atoms with Gasteiger partial charge in [0.2, 0.25) is 0 Å². The van der Waals surface area contributed by atoms with Gasteiger partial charge in [-0.1, -0.05) is 36.4 Å². The highest BCUT2D eigenvalue weighted by Gasteiger charge is 2.25. The Morgan fingerprint density at radius 2 is 1.92 bits per heavy atom. The number of fused-ring (bicyclic) bond motifs is 1. The Kier molecular flexibility index (Phi) is 5.16. The first-order chi connectivity index (χ1) is 12.0. The molecule has 0 aliphatic carbocycles. The number of methoxy groups -OCH3 is 1. The Morgan fingerprint density at radius 3 is 2.60 bits per heavy atom. The van der Waals surface area contributed by atoms with E-state index in [0.29, 0.717) is 15.8 Å². The summed E-state index contributed by atoms with van der Waals surface area (Å²) >= 11 is 1.32. The maximum Gasteiger partial charge on any atom is 0.264 e. The molecule has 25 heavy (non-hydrogen) atoms. The quantitative estimate of drug-likeness (QED) is 0.642. The fourth-order valence-electron chi connectivity index (χ4n) is 2.91. The summed E-state index contributed by atoms with van der Waals surface area (Å²) in [7, 11) is 3.33. The zero-order valence-electron chi connectivity index (χ0n) is 14.5. The third kappa shape index (κ3) is 3.30. The van der Waals surface area contributed by atoms with Crippen LogP contribution >= 0.6 is 11.3 Å². The van der Waals surface area contributed by atoms with Crippen LogP contribution in [0.25, 0.3) is 10.1 Å². The molecule has 2 aromatic carbocycles. The van der Waals surface area contributed by atoms with Crippen molar-refractivity contribution < 1.29 is 13.9 Å². The predicted octanol–water partition coefficient (Wildman–Crippen LogP) is 5.02. The van der Waals surface area contributed by atoms with Gasteiger partial charge in [0.15, 0.2) is 0 Å². The smallest absolute Gasteiger partial charge is 0.264 e. The molecule has 0 N–H and O–H groups in total. The second-order valence-electron chi connectivity index (χ2n) is 5.96. The summed E-state index contributed by atoms with van der Waals surface area (Å²) in [6, 6.07) is 14.7. The number of carbonyl (C=O) groups excluding carboxylic acids is 1. The van der Waals surface area contributed by atoms with Crippen LogP contribution in [0.4, 0.5) is 4.39 Å². The predicted molar refractivity (Wildman–Crippen MR) is 99.4 cm³/mol. The molecule has 1 unspecified atom stereocenters. The van der Waals surface area contributed by atoms with E-state index in [1.54, 1.807) is 25.1 Å². The van der Waals surface area contributed by atoms with E-state index in [4.69, 9.17) is 4.74 Å². The molecular formula is C20H20FNO2S. The Hall–Kier alpha value is -2.24. The van der Waals surface area contributed by atoms with Crippen molar-refractivity contribution in [2.75, 3.05) is 14.2 Å². The topological polar surface area (TPSA) is 29.5 Å². The minimum absolute atomic E-state index is 0.0841. The van der Waals surface area contributed by atoms with Gasteiger partial charge in [0.1, 0.15) is 5.82 Å². The largest absolute Gasteiger partial charge is 0.380 e. The van der Waals surface area contributed by atoms with Crippen LogP contribution in [-0.4, -0.2) is 25.0 Å². The molecule has 0 saturated carbocycles. The number of nitrogens with zero attached hydrogens (tertiary/aromatic N) is 1. The van der Waals surface area contributed by atoms with Gasteiger partial charge in [-0.05, 0) is 24.6 Å². The number of halogens is 1. The number of amides is 1. The van der Waals surface area contributed by atoms with Gasteiger partial charge < -0.3 is 9.64 Å². The van der Waals surface area contributed by atoms with Gasteiger partial charge in [0, 0.05) is 29.8 Å². The number of ether oxygens (including phenoxy) is 1. The van der Waals surface area contributed by atoms with Crippen molar-refractivity contribution in [3.63, 3.8) is 0 Å². The summed E-state index contributed by atoms with van der Waals surface area (Å²) in [5, 5.41) is 0.485. The van der Waals surface area contributed by atoms with Gasteiger partial charge in [0.05, 0.1) is 17.5 Å². The minimum Gasteiger partial charge on any atom is -0.380 e. The lowest BCUT2D eigenvalue weighted by molar-refractivity contribution is 0.0743. The normalized spacial score (nSPS) is 12.3. The molecule has 0 bridgehead atoms. The van der Waals surface area contributed by atoms with Crippen LogP contribution < -0.4 is 0 Å². The summed E-state index contributed by atoms with van der Waals surface area (Å²) in [6.07, 6.45) is 0. The molecule has 0 fully saturated rings. The Morgan fingerprint density at radius 1 is 1.20 bits per heavy atom. The SMILES string of the molecule is COCc1c(C(=O)N(C)C(C)c2ccccc2)sc2cccc(F)c12. The maximum absolute atomic E-state index is 14.3. The Balaban J connectivity index is 2.02. The highest BCUT2D eigenvalue weighted by atomic mass is 32.1. The lowest BCUT2D eigenvalue weighted by atomic mass is 10.1. The van der Waals surface area contributed by atoms with Crippen molar-refractivity contribution in [2.24, 2.45) is 0 Å². The first-order valence-electron chi connectivity index (χ1n) is 8.05. The van der Waals surface area contributed by atoms with E-state index in [1.807, 2.05) is 43.3 Å². The van der Waals surface area contributed by atoms with E-state index in [9.17, 15) is 9.18 Å². The number of benzene rings is 2. The van der Waals surface area contributed by atoms with Crippen LogP contribution in [0, 0.1) is 5.82 Å².